The average Bonchev–Trinajstić information content (AvgIpc) is 2.84. The summed E-state index contributed by atoms with van der Waals surface area (Å²) in [6.45, 7) is 2.12. The lowest BCUT2D eigenvalue weighted by molar-refractivity contribution is 0.151. The van der Waals surface area contributed by atoms with Crippen LogP contribution in [0.2, 0.25) is 0 Å². The summed E-state index contributed by atoms with van der Waals surface area (Å²) in [5.41, 5.74) is 2.07. The van der Waals surface area contributed by atoms with Crippen LogP contribution in [0.5, 0.6) is 5.88 Å². The van der Waals surface area contributed by atoms with Crippen molar-refractivity contribution < 1.29 is 4.74 Å². The second kappa shape index (κ2) is 4.96. The van der Waals surface area contributed by atoms with Crippen LogP contribution in [0.15, 0.2) is 12.3 Å². The lowest BCUT2D eigenvalue weighted by Crippen LogP contribution is -2.20. The fourth-order valence-electron chi connectivity index (χ4n) is 2.68. The number of aryl methyl sites for hydroxylation is 1. The first-order valence-electron chi connectivity index (χ1n) is 6.87. The van der Waals surface area contributed by atoms with Gasteiger partial charge >= 0.3 is 0 Å². The third-order valence-electron chi connectivity index (χ3n) is 3.69. The van der Waals surface area contributed by atoms with E-state index in [2.05, 4.69) is 22.1 Å². The highest BCUT2D eigenvalue weighted by molar-refractivity contribution is 5.85. The van der Waals surface area contributed by atoms with Gasteiger partial charge in [-0.25, -0.2) is 4.98 Å². The Labute approximate surface area is 107 Å². The highest BCUT2D eigenvalue weighted by atomic mass is 16.5. The molecule has 3 rings (SSSR count). The number of nitrogens with zero attached hydrogens (tertiary/aromatic N) is 2. The lowest BCUT2D eigenvalue weighted by atomic mass is 9.98. The van der Waals surface area contributed by atoms with E-state index in [-0.39, 0.29) is 0 Å². The highest BCUT2D eigenvalue weighted by Crippen LogP contribution is 2.29. The third-order valence-corrected chi connectivity index (χ3v) is 3.69. The molecule has 0 amide bonds. The molecule has 1 aliphatic rings. The molecule has 0 saturated heterocycles. The van der Waals surface area contributed by atoms with Gasteiger partial charge in [-0.3, -0.25) is 5.10 Å². The molecule has 1 saturated carbocycles. The maximum atomic E-state index is 6.10. The van der Waals surface area contributed by atoms with Crippen LogP contribution in [0, 0.1) is 0 Å². The van der Waals surface area contributed by atoms with E-state index in [1.807, 2.05) is 6.07 Å². The number of H-pyrrole nitrogens is 1. The molecule has 96 valence electrons. The average molecular weight is 245 g/mol. The van der Waals surface area contributed by atoms with Gasteiger partial charge in [-0.15, -0.1) is 0 Å². The minimum atomic E-state index is 0.330. The molecule has 0 atom stereocenters. The summed E-state index contributed by atoms with van der Waals surface area (Å²) < 4.78 is 6.10. The van der Waals surface area contributed by atoms with E-state index in [1.54, 1.807) is 6.20 Å². The molecule has 0 radical (unpaired) electrons. The third kappa shape index (κ3) is 2.07. The SMILES string of the molecule is CCc1[nH]nc2ccnc(OC3CCCCC3)c12. The van der Waals surface area contributed by atoms with Crippen molar-refractivity contribution in [3.63, 3.8) is 0 Å². The van der Waals surface area contributed by atoms with Crippen LogP contribution >= 0.6 is 0 Å². The summed E-state index contributed by atoms with van der Waals surface area (Å²) in [7, 11) is 0. The standard InChI is InChI=1S/C14H19N3O/c1-2-11-13-12(17-16-11)8-9-15-14(13)18-10-6-4-3-5-7-10/h8-10H,2-7H2,1H3,(H,16,17). The fourth-order valence-corrected chi connectivity index (χ4v) is 2.68. The van der Waals surface area contributed by atoms with Gasteiger partial charge in [0.2, 0.25) is 5.88 Å². The van der Waals surface area contributed by atoms with Crippen molar-refractivity contribution in [2.24, 2.45) is 0 Å². The normalized spacial score (nSPS) is 17.2. The zero-order valence-electron chi connectivity index (χ0n) is 10.8. The van der Waals surface area contributed by atoms with E-state index in [0.717, 1.165) is 41.7 Å². The van der Waals surface area contributed by atoms with E-state index in [0.29, 0.717) is 6.10 Å². The van der Waals surface area contributed by atoms with E-state index >= 15 is 0 Å². The molecule has 4 heteroatoms. The predicted octanol–water partition coefficient (Wildman–Crippen LogP) is 3.23. The van der Waals surface area contributed by atoms with Crippen molar-refractivity contribution in [3.8, 4) is 5.88 Å². The molecular weight excluding hydrogens is 226 g/mol. The number of pyridine rings is 1. The van der Waals surface area contributed by atoms with Crippen LogP contribution in [-0.4, -0.2) is 21.3 Å². The number of rotatable bonds is 3. The second-order valence-electron chi connectivity index (χ2n) is 4.94. The number of hydrogen-bond acceptors (Lipinski definition) is 3. The summed E-state index contributed by atoms with van der Waals surface area (Å²) in [4.78, 5) is 4.40. The van der Waals surface area contributed by atoms with Crippen molar-refractivity contribution in [2.75, 3.05) is 0 Å². The summed E-state index contributed by atoms with van der Waals surface area (Å²) in [6, 6.07) is 1.93. The number of aromatic nitrogens is 3. The zero-order valence-corrected chi connectivity index (χ0v) is 10.8. The number of hydrogen-bond donors (Lipinski definition) is 1. The molecule has 4 nitrogen and oxygen atoms in total. The summed E-state index contributed by atoms with van der Waals surface area (Å²) in [5.74, 6) is 0.755. The van der Waals surface area contributed by atoms with Crippen molar-refractivity contribution in [2.45, 2.75) is 51.6 Å². The van der Waals surface area contributed by atoms with Crippen molar-refractivity contribution in [1.82, 2.24) is 15.2 Å². The Kier molecular flexibility index (Phi) is 3.17. The van der Waals surface area contributed by atoms with Crippen molar-refractivity contribution >= 4 is 10.9 Å². The second-order valence-corrected chi connectivity index (χ2v) is 4.94. The predicted molar refractivity (Wildman–Crippen MR) is 70.8 cm³/mol. The van der Waals surface area contributed by atoms with Crippen LogP contribution < -0.4 is 4.74 Å². The molecule has 0 bridgehead atoms. The first-order valence-corrected chi connectivity index (χ1v) is 6.87. The van der Waals surface area contributed by atoms with E-state index in [9.17, 15) is 0 Å². The molecule has 1 fully saturated rings. The minimum Gasteiger partial charge on any atom is -0.474 e. The van der Waals surface area contributed by atoms with Gasteiger partial charge < -0.3 is 4.74 Å². The van der Waals surface area contributed by atoms with Gasteiger partial charge in [0.05, 0.1) is 10.9 Å². The Balaban J connectivity index is 1.92. The minimum absolute atomic E-state index is 0.330. The zero-order chi connectivity index (χ0) is 12.4. The Bertz CT molecular complexity index is 529. The van der Waals surface area contributed by atoms with Crippen LogP contribution in [0.1, 0.15) is 44.7 Å². The summed E-state index contributed by atoms with van der Waals surface area (Å²) >= 11 is 0. The number of nitrogens with one attached hydrogen (secondary N) is 1. The molecular formula is C14H19N3O. The van der Waals surface area contributed by atoms with Crippen LogP contribution in [0.25, 0.3) is 10.9 Å². The monoisotopic (exact) mass is 245 g/mol. The largest absolute Gasteiger partial charge is 0.474 e. The Hall–Kier alpha value is -1.58. The molecule has 0 aliphatic heterocycles. The van der Waals surface area contributed by atoms with Crippen LogP contribution in [0.3, 0.4) is 0 Å². The summed E-state index contributed by atoms with van der Waals surface area (Å²) in [6.07, 6.45) is 9.21. The first-order chi connectivity index (χ1) is 8.88. The topological polar surface area (TPSA) is 50.8 Å². The van der Waals surface area contributed by atoms with Gasteiger partial charge in [-0.1, -0.05) is 13.3 Å². The maximum Gasteiger partial charge on any atom is 0.225 e. The molecule has 2 aromatic rings. The van der Waals surface area contributed by atoms with Gasteiger partial charge in [0, 0.05) is 11.9 Å². The van der Waals surface area contributed by atoms with Gasteiger partial charge in [-0.05, 0) is 38.2 Å². The molecule has 2 heterocycles. The summed E-state index contributed by atoms with van der Waals surface area (Å²) in [5, 5.41) is 8.43. The smallest absolute Gasteiger partial charge is 0.225 e. The van der Waals surface area contributed by atoms with Crippen LogP contribution in [0.4, 0.5) is 0 Å². The van der Waals surface area contributed by atoms with Crippen LogP contribution in [-0.2, 0) is 6.42 Å². The van der Waals surface area contributed by atoms with Gasteiger partial charge in [0.25, 0.3) is 0 Å². The quantitative estimate of drug-likeness (QED) is 0.903. The number of ether oxygens (including phenoxy) is 1. The first kappa shape index (κ1) is 11.5. The van der Waals surface area contributed by atoms with Gasteiger partial charge in [0.1, 0.15) is 6.10 Å². The molecule has 0 aromatic carbocycles. The van der Waals surface area contributed by atoms with Crippen molar-refractivity contribution in [3.05, 3.63) is 18.0 Å². The highest BCUT2D eigenvalue weighted by Gasteiger charge is 2.18. The molecule has 1 N–H and O–H groups in total. The Morgan fingerprint density at radius 1 is 1.33 bits per heavy atom. The van der Waals surface area contributed by atoms with Gasteiger partial charge in [-0.2, -0.15) is 5.10 Å². The Morgan fingerprint density at radius 2 is 2.17 bits per heavy atom. The fraction of sp³-hybridized carbons (Fsp3) is 0.571. The number of fused-ring (bicyclic) bond motifs is 1. The van der Waals surface area contributed by atoms with Gasteiger partial charge in [0.15, 0.2) is 0 Å². The molecule has 18 heavy (non-hydrogen) atoms. The molecule has 1 aliphatic carbocycles. The van der Waals surface area contributed by atoms with E-state index in [1.165, 1.54) is 19.3 Å². The molecule has 2 aromatic heterocycles. The van der Waals surface area contributed by atoms with Crippen molar-refractivity contribution in [1.29, 1.82) is 0 Å². The molecule has 0 spiro atoms. The lowest BCUT2D eigenvalue weighted by Gasteiger charge is -2.22. The van der Waals surface area contributed by atoms with E-state index < -0.39 is 0 Å². The maximum absolute atomic E-state index is 6.10. The Morgan fingerprint density at radius 3 is 2.94 bits per heavy atom. The molecule has 0 unspecified atom stereocenters. The number of aromatic amines is 1. The van der Waals surface area contributed by atoms with E-state index in [4.69, 9.17) is 4.74 Å².